The Hall–Kier alpha value is -1.58. The van der Waals surface area contributed by atoms with Crippen molar-refractivity contribution in [2.24, 2.45) is 5.73 Å². The molecule has 0 bridgehead atoms. The minimum absolute atomic E-state index is 0.188. The number of Topliss-reactive ketones (excluding diaryl/α,β-unsaturated/α-hetero) is 1. The number of carbonyl (C=O) groups excluding carboxylic acids is 2. The van der Waals surface area contributed by atoms with Crippen LogP contribution in [0.25, 0.3) is 0 Å². The number of hydrogen-bond acceptors (Lipinski definition) is 3. The number of nitrogens with two attached hydrogens (primary N) is 1. The second kappa shape index (κ2) is 2.34. The predicted octanol–water partition coefficient (Wildman–Crippen LogP) is -0.0524. The largest absolute Gasteiger partial charge is 0.472 e. The van der Waals surface area contributed by atoms with E-state index in [4.69, 9.17) is 5.73 Å². The molecule has 0 aliphatic rings. The van der Waals surface area contributed by atoms with Crippen molar-refractivity contribution in [3.63, 3.8) is 0 Å². The van der Waals surface area contributed by atoms with Crippen molar-refractivity contribution in [1.29, 1.82) is 0 Å². The second-order valence-corrected chi connectivity index (χ2v) is 1.71. The van der Waals surface area contributed by atoms with Crippen LogP contribution in [0.4, 0.5) is 0 Å². The lowest BCUT2D eigenvalue weighted by Gasteiger charge is -1.85. The van der Waals surface area contributed by atoms with Crippen molar-refractivity contribution in [3.05, 3.63) is 24.2 Å². The van der Waals surface area contributed by atoms with Crippen LogP contribution >= 0.6 is 0 Å². The molecule has 1 aromatic rings. The summed E-state index contributed by atoms with van der Waals surface area (Å²) in [5, 5.41) is 0. The summed E-state index contributed by atoms with van der Waals surface area (Å²) in [5.41, 5.74) is 4.88. The van der Waals surface area contributed by atoms with Crippen LogP contribution in [0, 0.1) is 0 Å². The average molecular weight is 139 g/mol. The van der Waals surface area contributed by atoms with Gasteiger partial charge in [0.05, 0.1) is 11.8 Å². The Bertz CT molecular complexity index is 250. The Kier molecular flexibility index (Phi) is 1.53. The normalized spacial score (nSPS) is 9.20. The molecule has 0 saturated carbocycles. The molecular formula is C6H5NO3. The van der Waals surface area contributed by atoms with Crippen LogP contribution in [-0.2, 0) is 4.79 Å². The first kappa shape index (κ1) is 6.54. The molecule has 0 fully saturated rings. The van der Waals surface area contributed by atoms with E-state index in [1.807, 2.05) is 0 Å². The standard InChI is InChI=1S/C6H5NO3/c7-6(9)5(8)4-1-2-10-3-4/h1-3H,(H2,7,9). The number of rotatable bonds is 2. The molecule has 1 rings (SSSR count). The molecule has 10 heavy (non-hydrogen) atoms. The van der Waals surface area contributed by atoms with Gasteiger partial charge in [0, 0.05) is 0 Å². The molecule has 0 aliphatic heterocycles. The maximum absolute atomic E-state index is 10.7. The molecule has 0 saturated heterocycles. The lowest BCUT2D eigenvalue weighted by Crippen LogP contribution is -2.22. The Morgan fingerprint density at radius 3 is 2.60 bits per heavy atom. The summed E-state index contributed by atoms with van der Waals surface area (Å²) in [6, 6.07) is 1.38. The summed E-state index contributed by atoms with van der Waals surface area (Å²) in [7, 11) is 0. The maximum Gasteiger partial charge on any atom is 0.289 e. The molecule has 0 aromatic carbocycles. The van der Waals surface area contributed by atoms with E-state index in [2.05, 4.69) is 4.42 Å². The molecule has 0 spiro atoms. The van der Waals surface area contributed by atoms with E-state index in [1.54, 1.807) is 0 Å². The van der Waals surface area contributed by atoms with Gasteiger partial charge in [-0.25, -0.2) is 0 Å². The number of furan rings is 1. The Morgan fingerprint density at radius 2 is 2.20 bits per heavy atom. The molecule has 1 heterocycles. The zero-order valence-corrected chi connectivity index (χ0v) is 5.03. The van der Waals surface area contributed by atoms with E-state index in [9.17, 15) is 9.59 Å². The monoisotopic (exact) mass is 139 g/mol. The van der Waals surface area contributed by atoms with Gasteiger partial charge in [-0.3, -0.25) is 9.59 Å². The summed E-state index contributed by atoms with van der Waals surface area (Å²) in [5.74, 6) is -1.70. The molecule has 2 N–H and O–H groups in total. The van der Waals surface area contributed by atoms with Crippen molar-refractivity contribution in [2.45, 2.75) is 0 Å². The van der Waals surface area contributed by atoms with Crippen LogP contribution in [0.5, 0.6) is 0 Å². The minimum atomic E-state index is -0.971. The fourth-order valence-corrected chi connectivity index (χ4v) is 0.536. The third-order valence-electron chi connectivity index (χ3n) is 1.01. The molecule has 1 amide bonds. The third-order valence-corrected chi connectivity index (χ3v) is 1.01. The van der Waals surface area contributed by atoms with Crippen LogP contribution < -0.4 is 5.73 Å². The van der Waals surface area contributed by atoms with E-state index in [0.29, 0.717) is 0 Å². The van der Waals surface area contributed by atoms with Crippen LogP contribution in [0.2, 0.25) is 0 Å². The number of ketones is 1. The second-order valence-electron chi connectivity index (χ2n) is 1.71. The predicted molar refractivity (Wildman–Crippen MR) is 32.2 cm³/mol. The topological polar surface area (TPSA) is 73.3 Å². The zero-order chi connectivity index (χ0) is 7.56. The van der Waals surface area contributed by atoms with Crippen molar-refractivity contribution in [1.82, 2.24) is 0 Å². The van der Waals surface area contributed by atoms with Crippen LogP contribution in [0.3, 0.4) is 0 Å². The van der Waals surface area contributed by atoms with Gasteiger partial charge in [0.25, 0.3) is 11.7 Å². The van der Waals surface area contributed by atoms with Crippen LogP contribution in [0.1, 0.15) is 10.4 Å². The summed E-state index contributed by atoms with van der Waals surface area (Å²) < 4.78 is 4.56. The summed E-state index contributed by atoms with van der Waals surface area (Å²) in [6.07, 6.45) is 2.48. The molecule has 4 heteroatoms. The lowest BCUT2D eigenvalue weighted by atomic mass is 10.2. The quantitative estimate of drug-likeness (QED) is 0.461. The first-order chi connectivity index (χ1) is 4.72. The molecule has 0 atom stereocenters. The fourth-order valence-electron chi connectivity index (χ4n) is 0.536. The molecular weight excluding hydrogens is 134 g/mol. The number of carbonyl (C=O) groups is 2. The Morgan fingerprint density at radius 1 is 1.50 bits per heavy atom. The zero-order valence-electron chi connectivity index (χ0n) is 5.03. The van der Waals surface area contributed by atoms with Gasteiger partial charge in [0.15, 0.2) is 0 Å². The third kappa shape index (κ3) is 1.05. The van der Waals surface area contributed by atoms with E-state index >= 15 is 0 Å². The minimum Gasteiger partial charge on any atom is -0.472 e. The van der Waals surface area contributed by atoms with Gasteiger partial charge < -0.3 is 10.2 Å². The number of primary amides is 1. The SMILES string of the molecule is NC(=O)C(=O)c1ccoc1. The molecule has 1 aromatic heterocycles. The first-order valence-corrected chi connectivity index (χ1v) is 2.58. The van der Waals surface area contributed by atoms with Gasteiger partial charge in [-0.15, -0.1) is 0 Å². The highest BCUT2D eigenvalue weighted by Gasteiger charge is 2.12. The van der Waals surface area contributed by atoms with E-state index in [1.165, 1.54) is 18.6 Å². The van der Waals surface area contributed by atoms with Crippen LogP contribution in [-0.4, -0.2) is 11.7 Å². The molecule has 4 nitrogen and oxygen atoms in total. The summed E-state index contributed by atoms with van der Waals surface area (Å²) in [6.45, 7) is 0. The number of hydrogen-bond donors (Lipinski definition) is 1. The van der Waals surface area contributed by atoms with Crippen molar-refractivity contribution < 1.29 is 14.0 Å². The van der Waals surface area contributed by atoms with Gasteiger partial charge >= 0.3 is 0 Å². The van der Waals surface area contributed by atoms with Crippen molar-refractivity contribution >= 4 is 11.7 Å². The number of amides is 1. The molecule has 0 aliphatic carbocycles. The summed E-state index contributed by atoms with van der Waals surface area (Å²) >= 11 is 0. The van der Waals surface area contributed by atoms with E-state index < -0.39 is 11.7 Å². The van der Waals surface area contributed by atoms with Crippen LogP contribution in [0.15, 0.2) is 23.0 Å². The van der Waals surface area contributed by atoms with Crippen molar-refractivity contribution in [3.8, 4) is 0 Å². The molecule has 0 radical (unpaired) electrons. The highest BCUT2D eigenvalue weighted by molar-refractivity contribution is 6.42. The maximum atomic E-state index is 10.7. The fraction of sp³-hybridized carbons (Fsp3) is 0. The Labute approximate surface area is 56.6 Å². The van der Waals surface area contributed by atoms with Crippen molar-refractivity contribution in [2.75, 3.05) is 0 Å². The van der Waals surface area contributed by atoms with E-state index in [-0.39, 0.29) is 5.56 Å². The van der Waals surface area contributed by atoms with E-state index in [0.717, 1.165) is 0 Å². The van der Waals surface area contributed by atoms with Gasteiger partial charge in [0.1, 0.15) is 6.26 Å². The summed E-state index contributed by atoms with van der Waals surface area (Å²) in [4.78, 5) is 20.9. The van der Waals surface area contributed by atoms with Gasteiger partial charge in [-0.1, -0.05) is 0 Å². The van der Waals surface area contributed by atoms with Gasteiger partial charge in [0.2, 0.25) is 0 Å². The average Bonchev–Trinajstić information content (AvgIpc) is 2.36. The highest BCUT2D eigenvalue weighted by Crippen LogP contribution is 1.99. The molecule has 0 unspecified atom stereocenters. The van der Waals surface area contributed by atoms with Gasteiger partial charge in [-0.05, 0) is 6.07 Å². The lowest BCUT2D eigenvalue weighted by molar-refractivity contribution is -0.114. The van der Waals surface area contributed by atoms with Gasteiger partial charge in [-0.2, -0.15) is 0 Å². The molecule has 52 valence electrons. The smallest absolute Gasteiger partial charge is 0.289 e. The highest BCUT2D eigenvalue weighted by atomic mass is 16.3. The Balaban J connectivity index is 2.88. The first-order valence-electron chi connectivity index (χ1n) is 2.58.